The first-order chi connectivity index (χ1) is 13.7. The zero-order valence-electron chi connectivity index (χ0n) is 15.8. The first-order valence-electron chi connectivity index (χ1n) is 9.02. The Hall–Kier alpha value is -2.71. The van der Waals surface area contributed by atoms with E-state index in [0.717, 1.165) is 35.6 Å². The van der Waals surface area contributed by atoms with Crippen LogP contribution in [0.5, 0.6) is 0 Å². The van der Waals surface area contributed by atoms with E-state index in [4.69, 9.17) is 21.1 Å². The van der Waals surface area contributed by atoms with E-state index < -0.39 is 0 Å². The summed E-state index contributed by atoms with van der Waals surface area (Å²) in [6.45, 7) is 2.38. The molecule has 0 fully saturated rings. The molecule has 2 aromatic rings. The molecular weight excluding hydrogens is 380 g/mol. The monoisotopic (exact) mass is 400 g/mol. The minimum absolute atomic E-state index is 0.397. The van der Waals surface area contributed by atoms with Crippen molar-refractivity contribution in [3.05, 3.63) is 46.5 Å². The fourth-order valence-corrected chi connectivity index (χ4v) is 3.42. The molecule has 0 amide bonds. The molecule has 0 atom stereocenters. The fourth-order valence-electron chi connectivity index (χ4n) is 3.25. The topological polar surface area (TPSA) is 76.6 Å². The second-order valence-corrected chi connectivity index (χ2v) is 6.93. The number of halogens is 1. The molecule has 0 aliphatic carbocycles. The largest absolute Gasteiger partial charge is 0.476 e. The van der Waals surface area contributed by atoms with Gasteiger partial charge < -0.3 is 14.4 Å². The van der Waals surface area contributed by atoms with Crippen LogP contribution in [-0.4, -0.2) is 66.3 Å². The van der Waals surface area contributed by atoms with Gasteiger partial charge in [0.1, 0.15) is 12.0 Å². The average molecular weight is 401 g/mol. The van der Waals surface area contributed by atoms with Gasteiger partial charge in [-0.1, -0.05) is 11.6 Å². The van der Waals surface area contributed by atoms with Crippen LogP contribution < -0.4 is 0 Å². The van der Waals surface area contributed by atoms with Crippen LogP contribution in [-0.2, 0) is 16.0 Å². The molecule has 0 N–H and O–H groups in total. The molecule has 3 heterocycles. The first-order valence-corrected chi connectivity index (χ1v) is 9.40. The number of hydrogen-bond donors (Lipinski definition) is 0. The first kappa shape index (κ1) is 18.6. The SMILES string of the molecule is COC/C=N/N=C1/c2cc(Cl)ccc2-n2cnc(C3=NCCCO3)c2CN1C. The van der Waals surface area contributed by atoms with Gasteiger partial charge in [0, 0.05) is 37.7 Å². The van der Waals surface area contributed by atoms with Crippen LogP contribution in [0.1, 0.15) is 23.4 Å². The molecule has 2 aliphatic rings. The summed E-state index contributed by atoms with van der Waals surface area (Å²) < 4.78 is 12.8. The number of rotatable bonds is 4. The number of amidine groups is 1. The highest BCUT2D eigenvalue weighted by molar-refractivity contribution is 6.31. The van der Waals surface area contributed by atoms with Gasteiger partial charge in [-0.3, -0.25) is 4.57 Å². The summed E-state index contributed by atoms with van der Waals surface area (Å²) in [6, 6.07) is 5.71. The predicted octanol–water partition coefficient (Wildman–Crippen LogP) is 2.52. The zero-order chi connectivity index (χ0) is 19.5. The van der Waals surface area contributed by atoms with Crippen molar-refractivity contribution in [2.75, 3.05) is 33.9 Å². The van der Waals surface area contributed by atoms with E-state index in [0.29, 0.717) is 36.5 Å². The van der Waals surface area contributed by atoms with Crippen molar-refractivity contribution in [1.29, 1.82) is 0 Å². The van der Waals surface area contributed by atoms with Crippen molar-refractivity contribution < 1.29 is 9.47 Å². The van der Waals surface area contributed by atoms with Crippen LogP contribution in [0.4, 0.5) is 0 Å². The molecular formula is C19H21ClN6O2. The molecule has 9 heteroatoms. The number of hydrogen-bond acceptors (Lipinski definition) is 6. The molecule has 146 valence electrons. The molecule has 0 unspecified atom stereocenters. The lowest BCUT2D eigenvalue weighted by Crippen LogP contribution is -2.27. The summed E-state index contributed by atoms with van der Waals surface area (Å²) in [5.41, 5.74) is 3.55. The van der Waals surface area contributed by atoms with Crippen molar-refractivity contribution in [3.63, 3.8) is 0 Å². The smallest absolute Gasteiger partial charge is 0.237 e. The van der Waals surface area contributed by atoms with E-state index in [1.165, 1.54) is 0 Å². The normalized spacial score (nSPS) is 17.9. The minimum atomic E-state index is 0.397. The quantitative estimate of drug-likeness (QED) is 0.583. The van der Waals surface area contributed by atoms with Crippen LogP contribution in [0, 0.1) is 0 Å². The van der Waals surface area contributed by atoms with E-state index in [9.17, 15) is 0 Å². The molecule has 2 aliphatic heterocycles. The van der Waals surface area contributed by atoms with Crippen LogP contribution in [0.3, 0.4) is 0 Å². The lowest BCUT2D eigenvalue weighted by Gasteiger charge is -2.19. The Morgan fingerprint density at radius 1 is 1.39 bits per heavy atom. The highest BCUT2D eigenvalue weighted by Gasteiger charge is 2.28. The molecule has 0 spiro atoms. The molecule has 0 radical (unpaired) electrons. The number of benzene rings is 1. The molecule has 28 heavy (non-hydrogen) atoms. The van der Waals surface area contributed by atoms with Gasteiger partial charge in [-0.05, 0) is 18.2 Å². The van der Waals surface area contributed by atoms with Gasteiger partial charge in [-0.25, -0.2) is 9.98 Å². The maximum Gasteiger partial charge on any atom is 0.237 e. The third-order valence-electron chi connectivity index (χ3n) is 4.55. The lowest BCUT2D eigenvalue weighted by atomic mass is 10.1. The van der Waals surface area contributed by atoms with Gasteiger partial charge in [0.2, 0.25) is 5.90 Å². The van der Waals surface area contributed by atoms with Crippen molar-refractivity contribution in [2.24, 2.45) is 15.2 Å². The Kier molecular flexibility index (Phi) is 5.40. The summed E-state index contributed by atoms with van der Waals surface area (Å²) >= 11 is 6.28. The van der Waals surface area contributed by atoms with Gasteiger partial charge in [0.05, 0.1) is 37.4 Å². The van der Waals surface area contributed by atoms with Crippen molar-refractivity contribution in [3.8, 4) is 5.69 Å². The Balaban J connectivity index is 1.83. The molecule has 0 saturated heterocycles. The van der Waals surface area contributed by atoms with Crippen molar-refractivity contribution >= 4 is 29.5 Å². The van der Waals surface area contributed by atoms with Crippen LogP contribution in [0.25, 0.3) is 5.69 Å². The molecule has 4 rings (SSSR count). The highest BCUT2D eigenvalue weighted by Crippen LogP contribution is 2.29. The van der Waals surface area contributed by atoms with Crippen molar-refractivity contribution in [1.82, 2.24) is 14.5 Å². The van der Waals surface area contributed by atoms with Crippen molar-refractivity contribution in [2.45, 2.75) is 13.0 Å². The Labute approximate surface area is 168 Å². The van der Waals surface area contributed by atoms with E-state index >= 15 is 0 Å². The summed E-state index contributed by atoms with van der Waals surface area (Å²) in [6.07, 6.45) is 4.34. The predicted molar refractivity (Wildman–Crippen MR) is 109 cm³/mol. The Bertz CT molecular complexity index is 965. The van der Waals surface area contributed by atoms with Crippen LogP contribution in [0.15, 0.2) is 39.7 Å². The van der Waals surface area contributed by atoms with E-state index in [1.54, 1.807) is 19.7 Å². The molecule has 1 aromatic carbocycles. The minimum Gasteiger partial charge on any atom is -0.476 e. The van der Waals surface area contributed by atoms with Gasteiger partial charge in [-0.15, -0.1) is 5.10 Å². The van der Waals surface area contributed by atoms with E-state index in [1.807, 2.05) is 34.7 Å². The van der Waals surface area contributed by atoms with E-state index in [-0.39, 0.29) is 0 Å². The van der Waals surface area contributed by atoms with Crippen LogP contribution in [0.2, 0.25) is 5.02 Å². The number of nitrogens with zero attached hydrogens (tertiary/aromatic N) is 6. The molecule has 0 bridgehead atoms. The van der Waals surface area contributed by atoms with Crippen LogP contribution >= 0.6 is 11.6 Å². The Morgan fingerprint density at radius 3 is 3.07 bits per heavy atom. The van der Waals surface area contributed by atoms with Gasteiger partial charge in [0.25, 0.3) is 0 Å². The van der Waals surface area contributed by atoms with Gasteiger partial charge in [0.15, 0.2) is 5.84 Å². The number of methoxy groups -OCH3 is 1. The number of aromatic nitrogens is 2. The summed E-state index contributed by atoms with van der Waals surface area (Å²) in [4.78, 5) is 11.1. The number of ether oxygens (including phenoxy) is 2. The maximum absolute atomic E-state index is 6.28. The molecule has 1 aromatic heterocycles. The standard InChI is InChI=1S/C19H21ClN6O2/c1-25-11-16-17(19-21-6-3-8-28-19)22-12-26(16)15-5-4-13(20)10-14(15)18(25)24-23-7-9-27-2/h4-5,7,10,12H,3,6,8-9,11H2,1-2H3/b23-7+,24-18-. The third kappa shape index (κ3) is 3.53. The highest BCUT2D eigenvalue weighted by atomic mass is 35.5. The number of fused-ring (bicyclic) bond motifs is 3. The lowest BCUT2D eigenvalue weighted by molar-refractivity contribution is 0.248. The molecule has 8 nitrogen and oxygen atoms in total. The maximum atomic E-state index is 6.28. The van der Waals surface area contributed by atoms with E-state index in [2.05, 4.69) is 20.2 Å². The van der Waals surface area contributed by atoms with Gasteiger partial charge in [-0.2, -0.15) is 5.10 Å². The second-order valence-electron chi connectivity index (χ2n) is 6.49. The summed E-state index contributed by atoms with van der Waals surface area (Å²) in [7, 11) is 3.58. The summed E-state index contributed by atoms with van der Waals surface area (Å²) in [5, 5.41) is 9.20. The fraction of sp³-hybridized carbons (Fsp3) is 0.368. The zero-order valence-corrected chi connectivity index (χ0v) is 16.6. The van der Waals surface area contributed by atoms with Gasteiger partial charge >= 0.3 is 0 Å². The Morgan fingerprint density at radius 2 is 2.29 bits per heavy atom. The average Bonchev–Trinajstić information content (AvgIpc) is 3.07. The summed E-state index contributed by atoms with van der Waals surface area (Å²) in [5.74, 6) is 1.31. The molecule has 0 saturated carbocycles. The second kappa shape index (κ2) is 8.12. The third-order valence-corrected chi connectivity index (χ3v) is 4.78. The number of aliphatic imine (C=N–C) groups is 1. The number of imidazole rings is 1.